The molecule has 1 amide bonds. The lowest BCUT2D eigenvalue weighted by Gasteiger charge is -2.03. The third-order valence-corrected chi connectivity index (χ3v) is 3.36. The van der Waals surface area contributed by atoms with E-state index in [0.717, 1.165) is 11.0 Å². The first-order valence-corrected chi connectivity index (χ1v) is 7.32. The van der Waals surface area contributed by atoms with E-state index in [9.17, 15) is 9.59 Å². The van der Waals surface area contributed by atoms with Crippen molar-refractivity contribution in [3.8, 4) is 0 Å². The molecule has 0 aliphatic heterocycles. The Labute approximate surface area is 127 Å². The molecule has 0 atom stereocenters. The number of alkyl halides is 1. The van der Waals surface area contributed by atoms with Crippen LogP contribution in [0.25, 0.3) is 11.0 Å². The summed E-state index contributed by atoms with van der Waals surface area (Å²) in [4.78, 5) is 23.4. The summed E-state index contributed by atoms with van der Waals surface area (Å²) in [6.45, 7) is 2.83. The smallest absolute Gasteiger partial charge is 0.329 e. The zero-order chi connectivity index (χ0) is 15.2. The summed E-state index contributed by atoms with van der Waals surface area (Å²) in [6, 6.07) is 7.63. The Balaban J connectivity index is 2.36. The maximum atomic E-state index is 12.5. The van der Waals surface area contributed by atoms with Crippen molar-refractivity contribution in [2.45, 2.75) is 20.0 Å². The number of carbonyl (C=O) groups is 1. The number of rotatable bonds is 6. The summed E-state index contributed by atoms with van der Waals surface area (Å²) in [5.74, 6) is 0.326. The van der Waals surface area contributed by atoms with Crippen LogP contribution in [0.1, 0.15) is 6.92 Å². The van der Waals surface area contributed by atoms with Crippen molar-refractivity contribution < 1.29 is 4.79 Å². The summed E-state index contributed by atoms with van der Waals surface area (Å²) in [5, 5.41) is 2.71. The normalized spacial score (nSPS) is 11.3. The molecule has 0 aliphatic rings. The van der Waals surface area contributed by atoms with Crippen LogP contribution in [0.2, 0.25) is 0 Å². The number of para-hydroxylation sites is 2. The van der Waals surface area contributed by atoms with E-state index in [1.165, 1.54) is 6.92 Å². The van der Waals surface area contributed by atoms with Gasteiger partial charge in [0.25, 0.3) is 0 Å². The maximum Gasteiger partial charge on any atom is 0.329 e. The Hall–Kier alpha value is -2.01. The number of nitrogens with one attached hydrogen (secondary N) is 1. The molecule has 2 aromatic rings. The van der Waals surface area contributed by atoms with Gasteiger partial charge >= 0.3 is 5.69 Å². The van der Waals surface area contributed by atoms with Gasteiger partial charge in [-0.3, -0.25) is 13.9 Å². The Kier molecular flexibility index (Phi) is 5.22. The molecule has 0 saturated carbocycles. The number of nitrogens with zero attached hydrogens (tertiary/aromatic N) is 2. The van der Waals surface area contributed by atoms with Gasteiger partial charge < -0.3 is 5.32 Å². The van der Waals surface area contributed by atoms with Crippen LogP contribution in [-0.2, 0) is 17.9 Å². The Bertz CT molecular complexity index is 715. The number of fused-ring (bicyclic) bond motifs is 1. The highest BCUT2D eigenvalue weighted by Gasteiger charge is 2.11. The van der Waals surface area contributed by atoms with Crippen molar-refractivity contribution in [1.82, 2.24) is 14.5 Å². The number of hydrogen-bond acceptors (Lipinski definition) is 2. The molecular formula is C15H18ClN3O2. The summed E-state index contributed by atoms with van der Waals surface area (Å²) in [5.41, 5.74) is 1.66. The highest BCUT2D eigenvalue weighted by molar-refractivity contribution is 6.18. The molecule has 112 valence electrons. The lowest BCUT2D eigenvalue weighted by Crippen LogP contribution is -2.30. The first kappa shape index (κ1) is 15.4. The minimum absolute atomic E-state index is 0.0826. The number of halogens is 1. The number of benzene rings is 1. The third kappa shape index (κ3) is 3.55. The predicted octanol–water partition coefficient (Wildman–Crippen LogP) is 1.73. The first-order chi connectivity index (χ1) is 10.1. The molecule has 6 heteroatoms. The molecule has 21 heavy (non-hydrogen) atoms. The fraction of sp³-hybridized carbons (Fsp3) is 0.333. The molecule has 0 fully saturated rings. The van der Waals surface area contributed by atoms with Crippen LogP contribution in [0.15, 0.2) is 41.2 Å². The second-order valence-electron chi connectivity index (χ2n) is 4.64. The summed E-state index contributed by atoms with van der Waals surface area (Å²) >= 11 is 5.61. The van der Waals surface area contributed by atoms with Gasteiger partial charge in [-0.1, -0.05) is 24.3 Å². The average molecular weight is 308 g/mol. The molecule has 1 aromatic heterocycles. The topological polar surface area (TPSA) is 56.0 Å². The van der Waals surface area contributed by atoms with Crippen molar-refractivity contribution in [2.75, 3.05) is 12.4 Å². The lowest BCUT2D eigenvalue weighted by atomic mass is 10.3. The number of hydrogen-bond donors (Lipinski definition) is 1. The van der Waals surface area contributed by atoms with Gasteiger partial charge in [-0.05, 0) is 12.1 Å². The van der Waals surface area contributed by atoms with E-state index < -0.39 is 0 Å². The second-order valence-corrected chi connectivity index (χ2v) is 4.95. The summed E-state index contributed by atoms with van der Waals surface area (Å²) in [7, 11) is 0. The van der Waals surface area contributed by atoms with Crippen LogP contribution in [0, 0.1) is 0 Å². The molecule has 1 aromatic carbocycles. The van der Waals surface area contributed by atoms with Crippen molar-refractivity contribution >= 4 is 28.5 Å². The van der Waals surface area contributed by atoms with E-state index in [1.807, 2.05) is 36.4 Å². The summed E-state index contributed by atoms with van der Waals surface area (Å²) < 4.78 is 3.38. The molecule has 0 saturated heterocycles. The quantitative estimate of drug-likeness (QED) is 0.653. The molecular weight excluding hydrogens is 290 g/mol. The Morgan fingerprint density at radius 1 is 1.24 bits per heavy atom. The van der Waals surface area contributed by atoms with E-state index in [0.29, 0.717) is 25.5 Å². The van der Waals surface area contributed by atoms with Crippen LogP contribution >= 0.6 is 11.6 Å². The number of carbonyl (C=O) groups excluding carboxylic acids is 1. The molecule has 0 aliphatic carbocycles. The van der Waals surface area contributed by atoms with Crippen molar-refractivity contribution in [3.05, 3.63) is 46.9 Å². The van der Waals surface area contributed by atoms with Gasteiger partial charge in [0, 0.05) is 32.4 Å². The van der Waals surface area contributed by atoms with Gasteiger partial charge in [-0.2, -0.15) is 0 Å². The molecule has 2 rings (SSSR count). The average Bonchev–Trinajstić information content (AvgIpc) is 2.73. The molecule has 1 heterocycles. The number of imidazole rings is 1. The fourth-order valence-electron chi connectivity index (χ4n) is 2.25. The van der Waals surface area contributed by atoms with Crippen molar-refractivity contribution in [2.24, 2.45) is 0 Å². The first-order valence-electron chi connectivity index (χ1n) is 6.78. The van der Waals surface area contributed by atoms with Crippen LogP contribution in [0.5, 0.6) is 0 Å². The lowest BCUT2D eigenvalue weighted by molar-refractivity contribution is -0.118. The van der Waals surface area contributed by atoms with Crippen LogP contribution in [-0.4, -0.2) is 27.5 Å². The SMILES string of the molecule is CC(=O)NCCn1c(=O)n(C/C=C\CCl)c2ccccc21. The van der Waals surface area contributed by atoms with E-state index in [-0.39, 0.29) is 11.6 Å². The van der Waals surface area contributed by atoms with Gasteiger partial charge in [0.05, 0.1) is 11.0 Å². The van der Waals surface area contributed by atoms with Gasteiger partial charge in [0.1, 0.15) is 0 Å². The van der Waals surface area contributed by atoms with Gasteiger partial charge in [0.15, 0.2) is 0 Å². The van der Waals surface area contributed by atoms with E-state index >= 15 is 0 Å². The maximum absolute atomic E-state index is 12.5. The minimum Gasteiger partial charge on any atom is -0.355 e. The monoisotopic (exact) mass is 307 g/mol. The Morgan fingerprint density at radius 3 is 2.52 bits per heavy atom. The molecule has 0 radical (unpaired) electrons. The number of allylic oxidation sites excluding steroid dienone is 2. The minimum atomic E-state index is -0.100. The second kappa shape index (κ2) is 7.13. The van der Waals surface area contributed by atoms with E-state index in [4.69, 9.17) is 11.6 Å². The highest BCUT2D eigenvalue weighted by Crippen LogP contribution is 2.12. The van der Waals surface area contributed by atoms with Crippen LogP contribution in [0.4, 0.5) is 0 Å². The largest absolute Gasteiger partial charge is 0.355 e. The molecule has 1 N–H and O–H groups in total. The zero-order valence-corrected chi connectivity index (χ0v) is 12.6. The molecule has 5 nitrogen and oxygen atoms in total. The van der Waals surface area contributed by atoms with Gasteiger partial charge in [0.2, 0.25) is 5.91 Å². The molecule has 0 unspecified atom stereocenters. The van der Waals surface area contributed by atoms with Crippen molar-refractivity contribution in [3.63, 3.8) is 0 Å². The van der Waals surface area contributed by atoms with Gasteiger partial charge in [-0.25, -0.2) is 4.79 Å². The number of aromatic nitrogens is 2. The van der Waals surface area contributed by atoms with Crippen LogP contribution < -0.4 is 11.0 Å². The summed E-state index contributed by atoms with van der Waals surface area (Å²) in [6.07, 6.45) is 3.69. The van der Waals surface area contributed by atoms with Crippen LogP contribution in [0.3, 0.4) is 0 Å². The predicted molar refractivity (Wildman–Crippen MR) is 84.7 cm³/mol. The van der Waals surface area contributed by atoms with Crippen molar-refractivity contribution in [1.29, 1.82) is 0 Å². The fourth-order valence-corrected chi connectivity index (χ4v) is 2.38. The third-order valence-electron chi connectivity index (χ3n) is 3.18. The number of amides is 1. The standard InChI is InChI=1S/C15H18ClN3O2/c1-12(20)17-9-11-19-14-7-3-2-6-13(14)18(15(19)21)10-5-4-8-16/h2-7H,8-11H2,1H3,(H,17,20)/b5-4-. The van der Waals surface area contributed by atoms with E-state index in [2.05, 4.69) is 5.32 Å². The molecule has 0 bridgehead atoms. The zero-order valence-electron chi connectivity index (χ0n) is 11.9. The van der Waals surface area contributed by atoms with Gasteiger partial charge in [-0.15, -0.1) is 11.6 Å². The molecule has 0 spiro atoms. The Morgan fingerprint density at radius 2 is 1.90 bits per heavy atom. The highest BCUT2D eigenvalue weighted by atomic mass is 35.5. The van der Waals surface area contributed by atoms with E-state index in [1.54, 1.807) is 9.13 Å².